The van der Waals surface area contributed by atoms with Gasteiger partial charge in [-0.15, -0.1) is 0 Å². The summed E-state index contributed by atoms with van der Waals surface area (Å²) in [6, 6.07) is 13.4. The van der Waals surface area contributed by atoms with Gasteiger partial charge in [-0.3, -0.25) is 0 Å². The molecule has 0 unspecified atom stereocenters. The van der Waals surface area contributed by atoms with E-state index in [0.29, 0.717) is 33.5 Å². The first-order valence-corrected chi connectivity index (χ1v) is 13.8. The van der Waals surface area contributed by atoms with E-state index >= 15 is 4.39 Å². The number of ether oxygens (including phenoxy) is 2. The van der Waals surface area contributed by atoms with Crippen LogP contribution < -0.4 is 15.8 Å². The fourth-order valence-corrected chi connectivity index (χ4v) is 5.59. The summed E-state index contributed by atoms with van der Waals surface area (Å²) in [5.41, 5.74) is 7.88. The molecule has 2 atom stereocenters. The number of nitrogens with one attached hydrogen (secondary N) is 1. The number of carbonyl (C=O) groups is 1. The summed E-state index contributed by atoms with van der Waals surface area (Å²) in [6.07, 6.45) is -0.460. The molecule has 0 aliphatic carbocycles. The summed E-state index contributed by atoms with van der Waals surface area (Å²) in [6.45, 7) is 5.90. The molecule has 222 valence electrons. The van der Waals surface area contributed by atoms with Crippen molar-refractivity contribution in [1.82, 2.24) is 14.9 Å². The Labute approximate surface area is 246 Å². The summed E-state index contributed by atoms with van der Waals surface area (Å²) >= 11 is 6.58. The van der Waals surface area contributed by atoms with E-state index in [2.05, 4.69) is 10.3 Å². The first kappa shape index (κ1) is 29.7. The zero-order valence-electron chi connectivity index (χ0n) is 23.8. The van der Waals surface area contributed by atoms with Gasteiger partial charge in [-0.05, 0) is 63.9 Å². The highest BCUT2D eigenvalue weighted by atomic mass is 35.5. The number of halogens is 4. The SMILES string of the molecule is CC(C)(C)OC(=O)N[C@@H]1C[C@H](c2c(Cl)cccc2OC(F)F)n2c1nc1cc(F)c(-c3ccc(C(C)(C)N)cc3)cc12. The van der Waals surface area contributed by atoms with Gasteiger partial charge in [-0.25, -0.2) is 14.2 Å². The number of alkyl carbamates (subject to hydrolysis) is 1. The van der Waals surface area contributed by atoms with Gasteiger partial charge in [0.2, 0.25) is 0 Å². The second-order valence-electron chi connectivity index (χ2n) is 11.9. The van der Waals surface area contributed by atoms with Crippen LogP contribution in [0.25, 0.3) is 22.2 Å². The number of alkyl halides is 2. The summed E-state index contributed by atoms with van der Waals surface area (Å²) in [5, 5.41) is 3.03. The zero-order chi connectivity index (χ0) is 30.6. The third-order valence-electron chi connectivity index (χ3n) is 7.08. The second-order valence-corrected chi connectivity index (χ2v) is 12.3. The summed E-state index contributed by atoms with van der Waals surface area (Å²) in [7, 11) is 0. The Morgan fingerprint density at radius 3 is 2.43 bits per heavy atom. The molecule has 3 aromatic carbocycles. The number of hydrogen-bond donors (Lipinski definition) is 2. The monoisotopic (exact) mass is 600 g/mol. The number of carbonyl (C=O) groups excluding carboxylic acids is 1. The van der Waals surface area contributed by atoms with E-state index in [1.165, 1.54) is 18.2 Å². The van der Waals surface area contributed by atoms with Crippen molar-refractivity contribution in [2.75, 3.05) is 0 Å². The summed E-state index contributed by atoms with van der Waals surface area (Å²) < 4.78 is 54.4. The minimum absolute atomic E-state index is 0.101. The maximum absolute atomic E-state index is 15.5. The molecular weight excluding hydrogens is 569 g/mol. The average molecular weight is 601 g/mol. The molecule has 4 aromatic rings. The Morgan fingerprint density at radius 2 is 1.81 bits per heavy atom. The first-order chi connectivity index (χ1) is 19.6. The van der Waals surface area contributed by atoms with Crippen LogP contribution in [0.5, 0.6) is 5.75 Å². The van der Waals surface area contributed by atoms with E-state index in [1.807, 2.05) is 26.0 Å². The van der Waals surface area contributed by atoms with Crippen molar-refractivity contribution >= 4 is 28.7 Å². The summed E-state index contributed by atoms with van der Waals surface area (Å²) in [4.78, 5) is 17.4. The van der Waals surface area contributed by atoms with Crippen LogP contribution in [0, 0.1) is 5.82 Å². The van der Waals surface area contributed by atoms with Gasteiger partial charge in [-0.2, -0.15) is 8.78 Å². The predicted molar refractivity (Wildman–Crippen MR) is 155 cm³/mol. The lowest BCUT2D eigenvalue weighted by Gasteiger charge is -2.22. The van der Waals surface area contributed by atoms with Gasteiger partial charge >= 0.3 is 12.7 Å². The van der Waals surface area contributed by atoms with Gasteiger partial charge in [0.25, 0.3) is 0 Å². The lowest BCUT2D eigenvalue weighted by atomic mass is 9.93. The van der Waals surface area contributed by atoms with Crippen LogP contribution in [0.15, 0.2) is 54.6 Å². The molecule has 0 spiro atoms. The quantitative estimate of drug-likeness (QED) is 0.235. The molecule has 1 amide bonds. The number of hydrogen-bond acceptors (Lipinski definition) is 5. The van der Waals surface area contributed by atoms with Gasteiger partial charge in [-0.1, -0.05) is 41.9 Å². The van der Waals surface area contributed by atoms with Crippen molar-refractivity contribution < 1.29 is 27.4 Å². The lowest BCUT2D eigenvalue weighted by molar-refractivity contribution is -0.0506. The predicted octanol–water partition coefficient (Wildman–Crippen LogP) is 7.85. The molecule has 1 aromatic heterocycles. The molecule has 0 radical (unpaired) electrons. The molecule has 1 aliphatic rings. The Bertz CT molecular complexity index is 1640. The van der Waals surface area contributed by atoms with Gasteiger partial charge in [0, 0.05) is 34.2 Å². The minimum atomic E-state index is -3.08. The van der Waals surface area contributed by atoms with E-state index in [4.69, 9.17) is 26.8 Å². The van der Waals surface area contributed by atoms with Crippen molar-refractivity contribution in [3.8, 4) is 16.9 Å². The van der Waals surface area contributed by atoms with Crippen LogP contribution in [-0.2, 0) is 10.3 Å². The Kier molecular flexibility index (Phi) is 7.66. The molecule has 3 N–H and O–H groups in total. The molecule has 0 fully saturated rings. The van der Waals surface area contributed by atoms with Crippen LogP contribution in [0.1, 0.15) is 70.1 Å². The maximum atomic E-state index is 15.5. The number of fused-ring (bicyclic) bond motifs is 3. The molecule has 0 saturated heterocycles. The Balaban J connectivity index is 1.66. The number of nitrogens with zero attached hydrogens (tertiary/aromatic N) is 2. The molecule has 7 nitrogen and oxygen atoms in total. The van der Waals surface area contributed by atoms with Crippen LogP contribution in [0.4, 0.5) is 18.0 Å². The van der Waals surface area contributed by atoms with E-state index in [-0.39, 0.29) is 17.2 Å². The first-order valence-electron chi connectivity index (χ1n) is 13.5. The number of imidazole rings is 1. The number of aromatic nitrogens is 2. The normalized spacial score (nSPS) is 17.0. The molecule has 0 bridgehead atoms. The minimum Gasteiger partial charge on any atom is -0.444 e. The highest BCUT2D eigenvalue weighted by Crippen LogP contribution is 2.47. The highest BCUT2D eigenvalue weighted by Gasteiger charge is 2.39. The fourth-order valence-electron chi connectivity index (χ4n) is 5.30. The fraction of sp³-hybridized carbons (Fsp3) is 0.355. The van der Waals surface area contributed by atoms with E-state index in [0.717, 1.165) is 5.56 Å². The van der Waals surface area contributed by atoms with Gasteiger partial charge in [0.1, 0.15) is 23.0 Å². The molecule has 2 heterocycles. The number of benzene rings is 3. The molecule has 0 saturated carbocycles. The third kappa shape index (κ3) is 5.91. The molecule has 1 aliphatic heterocycles. The number of amides is 1. The van der Waals surface area contributed by atoms with Crippen LogP contribution >= 0.6 is 11.6 Å². The Hall–Kier alpha value is -3.76. The number of rotatable bonds is 6. The van der Waals surface area contributed by atoms with E-state index < -0.39 is 41.7 Å². The van der Waals surface area contributed by atoms with Crippen molar-refractivity contribution in [2.24, 2.45) is 5.73 Å². The van der Waals surface area contributed by atoms with Crippen LogP contribution in [-0.4, -0.2) is 27.9 Å². The van der Waals surface area contributed by atoms with Crippen molar-refractivity contribution in [3.63, 3.8) is 0 Å². The molecule has 5 rings (SSSR count). The molecule has 42 heavy (non-hydrogen) atoms. The van der Waals surface area contributed by atoms with Crippen molar-refractivity contribution in [2.45, 2.75) is 70.9 Å². The van der Waals surface area contributed by atoms with Crippen molar-refractivity contribution in [1.29, 1.82) is 0 Å². The topological polar surface area (TPSA) is 91.4 Å². The summed E-state index contributed by atoms with van der Waals surface area (Å²) in [5.74, 6) is -0.192. The highest BCUT2D eigenvalue weighted by molar-refractivity contribution is 6.31. The van der Waals surface area contributed by atoms with Gasteiger partial charge in [0.15, 0.2) is 0 Å². The second kappa shape index (κ2) is 10.8. The van der Waals surface area contributed by atoms with Gasteiger partial charge in [0.05, 0.1) is 23.1 Å². The van der Waals surface area contributed by atoms with E-state index in [1.54, 1.807) is 49.6 Å². The van der Waals surface area contributed by atoms with Crippen LogP contribution in [0.2, 0.25) is 5.02 Å². The van der Waals surface area contributed by atoms with E-state index in [9.17, 15) is 13.6 Å². The van der Waals surface area contributed by atoms with Crippen LogP contribution in [0.3, 0.4) is 0 Å². The standard InChI is InChI=1S/C31H32ClF3N4O3/c1-30(2,3)42-29(40)38-22-15-24(26-19(32)7-6-8-25(26)41-28(34)35)39-23-13-18(20(33)14-21(23)37-27(22)39)16-9-11-17(12-10-16)31(4,5)36/h6-14,22,24,28H,15,36H2,1-5H3,(H,38,40)/t22-,24-/m1/s1. The number of nitrogens with two attached hydrogens (primary N) is 1. The largest absolute Gasteiger partial charge is 0.444 e. The van der Waals surface area contributed by atoms with Gasteiger partial charge < -0.3 is 25.1 Å². The smallest absolute Gasteiger partial charge is 0.408 e. The lowest BCUT2D eigenvalue weighted by Crippen LogP contribution is -2.34. The zero-order valence-corrected chi connectivity index (χ0v) is 24.6. The molecule has 11 heteroatoms. The molecular formula is C31H32ClF3N4O3. The average Bonchev–Trinajstić information content (AvgIpc) is 3.38. The van der Waals surface area contributed by atoms with Crippen molar-refractivity contribution in [3.05, 3.63) is 82.4 Å². The third-order valence-corrected chi connectivity index (χ3v) is 7.41. The maximum Gasteiger partial charge on any atom is 0.408 e. The Morgan fingerprint density at radius 1 is 1.12 bits per heavy atom.